The van der Waals surface area contributed by atoms with Gasteiger partial charge in [0, 0.05) is 11.8 Å². The summed E-state index contributed by atoms with van der Waals surface area (Å²) in [6.07, 6.45) is -9.29. The van der Waals surface area contributed by atoms with Crippen LogP contribution < -0.4 is 0 Å². The largest absolute Gasteiger partial charge is 0.469 e. The van der Waals surface area contributed by atoms with Crippen molar-refractivity contribution in [2.24, 2.45) is 0 Å². The molecule has 19 heavy (non-hydrogen) atoms. The molecule has 0 spiro atoms. The van der Waals surface area contributed by atoms with Gasteiger partial charge in [-0.25, -0.2) is 13.2 Å². The summed E-state index contributed by atoms with van der Waals surface area (Å²) in [5.74, 6) is -2.96. The summed E-state index contributed by atoms with van der Waals surface area (Å²) in [5.41, 5.74) is -4.63. The van der Waals surface area contributed by atoms with Crippen LogP contribution in [-0.2, 0) is 22.1 Å². The topological polar surface area (TPSA) is 39.2 Å². The van der Waals surface area contributed by atoms with Crippen LogP contribution in [0.25, 0.3) is 0 Å². The van der Waals surface area contributed by atoms with E-state index in [1.807, 2.05) is 0 Å². The number of aromatic nitrogens is 1. The summed E-state index contributed by atoms with van der Waals surface area (Å²) in [4.78, 5) is 13.7. The smallest absolute Gasteiger partial charge is 0.421 e. The number of rotatable bonds is 3. The monoisotopic (exact) mass is 287 g/mol. The predicted octanol–water partition coefficient (Wildman–Crippen LogP) is 2.89. The molecule has 0 N–H and O–H groups in total. The minimum Gasteiger partial charge on any atom is -0.469 e. The Hall–Kier alpha value is -1.80. The standard InChI is InChI=1S/C10H7F6NO2/c1-19-5(18)2-4-3-17-8(9(12)13)6(7(4)11)10(14,15)16/h3,9H,2H2,1H3. The lowest BCUT2D eigenvalue weighted by Gasteiger charge is -2.14. The van der Waals surface area contributed by atoms with E-state index in [4.69, 9.17) is 0 Å². The van der Waals surface area contributed by atoms with Crippen LogP contribution in [0.2, 0.25) is 0 Å². The van der Waals surface area contributed by atoms with E-state index in [1.165, 1.54) is 0 Å². The molecule has 9 heteroatoms. The molecule has 0 radical (unpaired) electrons. The number of esters is 1. The summed E-state index contributed by atoms with van der Waals surface area (Å²) in [5, 5.41) is 0. The van der Waals surface area contributed by atoms with Crippen molar-refractivity contribution in [2.45, 2.75) is 19.0 Å². The first-order valence-corrected chi connectivity index (χ1v) is 4.78. The van der Waals surface area contributed by atoms with Crippen LogP contribution in [0.15, 0.2) is 6.20 Å². The first-order chi connectivity index (χ1) is 8.68. The number of hydrogen-bond acceptors (Lipinski definition) is 3. The van der Waals surface area contributed by atoms with Crippen molar-refractivity contribution in [3.8, 4) is 0 Å². The maximum atomic E-state index is 13.6. The zero-order valence-corrected chi connectivity index (χ0v) is 9.39. The fraction of sp³-hybridized carbons (Fsp3) is 0.400. The number of ether oxygens (including phenoxy) is 1. The first kappa shape index (κ1) is 15.3. The lowest BCUT2D eigenvalue weighted by Crippen LogP contribution is -2.17. The number of hydrogen-bond donors (Lipinski definition) is 0. The van der Waals surface area contributed by atoms with Crippen molar-refractivity contribution in [2.75, 3.05) is 7.11 Å². The first-order valence-electron chi connectivity index (χ1n) is 4.78. The molecule has 0 aromatic carbocycles. The van der Waals surface area contributed by atoms with E-state index in [2.05, 4.69) is 9.72 Å². The second-order valence-corrected chi connectivity index (χ2v) is 3.41. The number of nitrogens with zero attached hydrogens (tertiary/aromatic N) is 1. The van der Waals surface area contributed by atoms with Crippen LogP contribution in [0.5, 0.6) is 0 Å². The highest BCUT2D eigenvalue weighted by Gasteiger charge is 2.41. The quantitative estimate of drug-likeness (QED) is 0.634. The third kappa shape index (κ3) is 3.36. The Kier molecular flexibility index (Phi) is 4.38. The number of halogens is 6. The molecule has 0 saturated carbocycles. The molecular formula is C10H7F6NO2. The molecule has 1 heterocycles. The highest BCUT2D eigenvalue weighted by atomic mass is 19.4. The molecule has 0 unspecified atom stereocenters. The molecule has 0 amide bonds. The van der Waals surface area contributed by atoms with Gasteiger partial charge >= 0.3 is 12.1 Å². The van der Waals surface area contributed by atoms with Gasteiger partial charge in [0.25, 0.3) is 6.43 Å². The fourth-order valence-electron chi connectivity index (χ4n) is 1.33. The zero-order chi connectivity index (χ0) is 14.8. The van der Waals surface area contributed by atoms with Gasteiger partial charge in [-0.05, 0) is 0 Å². The van der Waals surface area contributed by atoms with E-state index in [1.54, 1.807) is 0 Å². The second kappa shape index (κ2) is 5.45. The minimum atomic E-state index is -5.34. The molecule has 3 nitrogen and oxygen atoms in total. The maximum Gasteiger partial charge on any atom is 0.421 e. The lowest BCUT2D eigenvalue weighted by molar-refractivity contribution is -0.143. The molecule has 0 fully saturated rings. The molecule has 106 valence electrons. The van der Waals surface area contributed by atoms with Crippen molar-refractivity contribution < 1.29 is 35.9 Å². The Morgan fingerprint density at radius 1 is 1.42 bits per heavy atom. The Morgan fingerprint density at radius 2 is 2.00 bits per heavy atom. The van der Waals surface area contributed by atoms with Gasteiger partial charge in [-0.1, -0.05) is 0 Å². The SMILES string of the molecule is COC(=O)Cc1cnc(C(F)F)c(C(F)(F)F)c1F. The Balaban J connectivity index is 3.38. The van der Waals surface area contributed by atoms with E-state index in [0.29, 0.717) is 6.20 Å². The van der Waals surface area contributed by atoms with Crippen molar-refractivity contribution in [1.29, 1.82) is 0 Å². The molecule has 0 atom stereocenters. The Bertz CT molecular complexity index is 486. The van der Waals surface area contributed by atoms with E-state index in [9.17, 15) is 31.1 Å². The Labute approximate surface area is 103 Å². The number of pyridine rings is 1. The van der Waals surface area contributed by atoms with Gasteiger partial charge in [-0.15, -0.1) is 0 Å². The van der Waals surface area contributed by atoms with Crippen LogP contribution in [0.3, 0.4) is 0 Å². The van der Waals surface area contributed by atoms with Gasteiger partial charge < -0.3 is 4.74 Å². The maximum absolute atomic E-state index is 13.6. The molecule has 1 aromatic heterocycles. The normalized spacial score (nSPS) is 11.8. The molecule has 1 rings (SSSR count). The fourth-order valence-corrected chi connectivity index (χ4v) is 1.33. The average molecular weight is 287 g/mol. The minimum absolute atomic E-state index is 0.461. The zero-order valence-electron chi connectivity index (χ0n) is 9.39. The molecule has 0 aliphatic rings. The number of carbonyl (C=O) groups is 1. The lowest BCUT2D eigenvalue weighted by atomic mass is 10.1. The van der Waals surface area contributed by atoms with Gasteiger partial charge in [0.15, 0.2) is 0 Å². The van der Waals surface area contributed by atoms with Crippen LogP contribution >= 0.6 is 0 Å². The van der Waals surface area contributed by atoms with Crippen molar-refractivity contribution in [3.05, 3.63) is 28.8 Å². The summed E-state index contributed by atoms with van der Waals surface area (Å²) in [6.45, 7) is 0. The second-order valence-electron chi connectivity index (χ2n) is 3.41. The highest BCUT2D eigenvalue weighted by Crippen LogP contribution is 2.37. The van der Waals surface area contributed by atoms with Gasteiger partial charge in [-0.2, -0.15) is 13.2 Å². The average Bonchev–Trinajstić information content (AvgIpc) is 2.29. The molecule has 0 saturated heterocycles. The summed E-state index contributed by atoms with van der Waals surface area (Å²) in [6, 6.07) is 0. The van der Waals surface area contributed by atoms with Crippen molar-refractivity contribution in [1.82, 2.24) is 4.98 Å². The number of carbonyl (C=O) groups excluding carboxylic acids is 1. The molecule has 0 aliphatic heterocycles. The van der Waals surface area contributed by atoms with Crippen molar-refractivity contribution in [3.63, 3.8) is 0 Å². The van der Waals surface area contributed by atoms with Gasteiger partial charge in [0.2, 0.25) is 0 Å². The summed E-state index contributed by atoms with van der Waals surface area (Å²) < 4.78 is 80.1. The number of methoxy groups -OCH3 is 1. The van der Waals surface area contributed by atoms with Crippen LogP contribution in [0, 0.1) is 5.82 Å². The molecular weight excluding hydrogens is 280 g/mol. The number of alkyl halides is 5. The van der Waals surface area contributed by atoms with Crippen LogP contribution in [0.1, 0.15) is 23.2 Å². The van der Waals surface area contributed by atoms with Gasteiger partial charge in [0.05, 0.1) is 13.5 Å². The Morgan fingerprint density at radius 3 is 2.42 bits per heavy atom. The molecule has 1 aromatic rings. The van der Waals surface area contributed by atoms with Crippen LogP contribution in [0.4, 0.5) is 26.3 Å². The molecule has 0 aliphatic carbocycles. The summed E-state index contributed by atoms with van der Waals surface area (Å²) in [7, 11) is 0.950. The van der Waals surface area contributed by atoms with E-state index in [0.717, 1.165) is 7.11 Å². The highest BCUT2D eigenvalue weighted by molar-refractivity contribution is 5.72. The van der Waals surface area contributed by atoms with E-state index in [-0.39, 0.29) is 0 Å². The molecule has 0 bridgehead atoms. The van der Waals surface area contributed by atoms with Gasteiger partial charge in [0.1, 0.15) is 17.1 Å². The van der Waals surface area contributed by atoms with E-state index >= 15 is 0 Å². The third-order valence-electron chi connectivity index (χ3n) is 2.17. The van der Waals surface area contributed by atoms with E-state index < -0.39 is 47.6 Å². The summed E-state index contributed by atoms with van der Waals surface area (Å²) >= 11 is 0. The van der Waals surface area contributed by atoms with Crippen LogP contribution in [-0.4, -0.2) is 18.1 Å². The van der Waals surface area contributed by atoms with Crippen molar-refractivity contribution >= 4 is 5.97 Å². The third-order valence-corrected chi connectivity index (χ3v) is 2.17. The van der Waals surface area contributed by atoms with Gasteiger partial charge in [-0.3, -0.25) is 9.78 Å². The predicted molar refractivity (Wildman–Crippen MR) is 49.9 cm³/mol.